The zero-order valence-electron chi connectivity index (χ0n) is 11.8. The smallest absolute Gasteiger partial charge is 0.394 e. The predicted molar refractivity (Wildman–Crippen MR) is 79.2 cm³/mol. The van der Waals surface area contributed by atoms with Crippen molar-refractivity contribution < 1.29 is 26.2 Å². The van der Waals surface area contributed by atoms with Gasteiger partial charge in [-0.05, 0) is 64.2 Å². The molecule has 2 aliphatic carbocycles. The summed E-state index contributed by atoms with van der Waals surface area (Å²) in [6.45, 7) is 9.37. The minimum absolute atomic E-state index is 0. The molecule has 19 heavy (non-hydrogen) atoms. The summed E-state index contributed by atoms with van der Waals surface area (Å²) in [6.07, 6.45) is 26.7. The Morgan fingerprint density at radius 1 is 0.842 bits per heavy atom. The maximum absolute atomic E-state index is 5.24. The number of hydrogen-bond acceptors (Lipinski definition) is 0. The fraction of sp³-hybridized carbons (Fsp3) is 0.222. The summed E-state index contributed by atoms with van der Waals surface area (Å²) in [5, 5.41) is 0. The first-order chi connectivity index (χ1) is 8.85. The van der Waals surface area contributed by atoms with E-state index in [1.54, 1.807) is 6.08 Å². The summed E-state index contributed by atoms with van der Waals surface area (Å²) in [5.41, 5.74) is 1.12. The third kappa shape index (κ3) is 16.3. The molecule has 0 amide bonds. The molecule has 0 spiro atoms. The molecule has 0 unspecified atom stereocenters. The molecule has 0 nitrogen and oxygen atoms in total. The normalized spacial score (nSPS) is 17.5. The molecule has 2 aliphatic rings. The van der Waals surface area contributed by atoms with Crippen molar-refractivity contribution in [3.63, 3.8) is 0 Å². The van der Waals surface area contributed by atoms with Crippen LogP contribution in [0.5, 0.6) is 0 Å². The Morgan fingerprint density at radius 3 is 1.26 bits per heavy atom. The second-order valence-electron chi connectivity index (χ2n) is 3.50. The Labute approximate surface area is 141 Å². The molecule has 98 valence electrons. The summed E-state index contributed by atoms with van der Waals surface area (Å²) in [6, 6.07) is 0. The van der Waals surface area contributed by atoms with Crippen molar-refractivity contribution in [1.29, 1.82) is 0 Å². The molecule has 0 aromatic heterocycles. The third-order valence-electron chi connectivity index (χ3n) is 2.10. The van der Waals surface area contributed by atoms with Gasteiger partial charge in [0.15, 0.2) is 0 Å². The minimum Gasteiger partial charge on any atom is -0.394 e. The zero-order chi connectivity index (χ0) is 13.5. The molecule has 0 atom stereocenters. The largest absolute Gasteiger partial charge is 2.00 e. The van der Waals surface area contributed by atoms with Crippen LogP contribution in [-0.2, 0) is 26.2 Å². The van der Waals surface area contributed by atoms with Crippen molar-refractivity contribution in [2.45, 2.75) is 26.7 Å². The quantitative estimate of drug-likeness (QED) is 0.526. The van der Waals surface area contributed by atoms with Crippen LogP contribution in [-0.4, -0.2) is 0 Å². The Hall–Kier alpha value is 0.363. The summed E-state index contributed by atoms with van der Waals surface area (Å²) in [4.78, 5) is 0. The summed E-state index contributed by atoms with van der Waals surface area (Å²) in [5.74, 6) is 0. The van der Waals surface area contributed by atoms with E-state index < -0.39 is 0 Å². The van der Waals surface area contributed by atoms with Gasteiger partial charge in [-0.3, -0.25) is 0 Å². The van der Waals surface area contributed by atoms with Crippen molar-refractivity contribution in [1.82, 2.24) is 0 Å². The van der Waals surface area contributed by atoms with E-state index in [0.29, 0.717) is 0 Å². The molecular formula is C18H22Zr. The van der Waals surface area contributed by atoms with Gasteiger partial charge in [-0.2, -0.15) is 0 Å². The monoisotopic (exact) mass is 328 g/mol. The first kappa shape index (κ1) is 21.7. The first-order valence-corrected chi connectivity index (χ1v) is 6.33. The molecule has 0 saturated heterocycles. The number of rotatable bonds is 3. The molecule has 0 aromatic rings. The minimum atomic E-state index is 0. The Bertz CT molecular complexity index is 173. The van der Waals surface area contributed by atoms with Gasteiger partial charge in [-0.1, -0.05) is 13.8 Å². The van der Waals surface area contributed by atoms with E-state index in [4.69, 9.17) is 6.58 Å². The second kappa shape index (κ2) is 18.4. The topological polar surface area (TPSA) is 0 Å². The van der Waals surface area contributed by atoms with Crippen LogP contribution in [0.4, 0.5) is 0 Å². The molecule has 0 heterocycles. The van der Waals surface area contributed by atoms with Gasteiger partial charge in [0, 0.05) is 0 Å². The van der Waals surface area contributed by atoms with E-state index in [9.17, 15) is 0 Å². The number of allylic oxidation sites excluding steroid dienone is 3. The second-order valence-corrected chi connectivity index (χ2v) is 3.50. The van der Waals surface area contributed by atoms with Crippen molar-refractivity contribution in [2.75, 3.05) is 0 Å². The third-order valence-corrected chi connectivity index (χ3v) is 2.10. The van der Waals surface area contributed by atoms with Crippen LogP contribution in [0.3, 0.4) is 0 Å². The van der Waals surface area contributed by atoms with Gasteiger partial charge in [-0.15, -0.1) is 12.8 Å². The van der Waals surface area contributed by atoms with Crippen LogP contribution in [0.2, 0.25) is 0 Å². The molecule has 0 bridgehead atoms. The van der Waals surface area contributed by atoms with Gasteiger partial charge in [0.2, 0.25) is 0 Å². The van der Waals surface area contributed by atoms with Crippen LogP contribution in [0, 0.1) is 76.9 Å². The number of hydrogen-bond donors (Lipinski definition) is 0. The molecule has 1 heteroatoms. The van der Waals surface area contributed by atoms with Crippen LogP contribution in [0.1, 0.15) is 26.7 Å². The first-order valence-electron chi connectivity index (χ1n) is 6.33. The van der Waals surface area contributed by atoms with E-state index in [0.717, 1.165) is 18.4 Å². The molecule has 2 fully saturated rings. The van der Waals surface area contributed by atoms with E-state index in [1.807, 2.05) is 64.2 Å². The summed E-state index contributed by atoms with van der Waals surface area (Å²) >= 11 is 0. The van der Waals surface area contributed by atoms with E-state index in [-0.39, 0.29) is 26.2 Å². The molecule has 0 aromatic carbocycles. The fourth-order valence-corrected chi connectivity index (χ4v) is 1.17. The summed E-state index contributed by atoms with van der Waals surface area (Å²) in [7, 11) is 0. The average molecular weight is 330 g/mol. The predicted octanol–water partition coefficient (Wildman–Crippen LogP) is 4.57. The van der Waals surface area contributed by atoms with Crippen LogP contribution in [0.25, 0.3) is 0 Å². The van der Waals surface area contributed by atoms with Crippen LogP contribution >= 0.6 is 0 Å². The van der Waals surface area contributed by atoms with E-state index in [1.165, 1.54) is 0 Å². The van der Waals surface area contributed by atoms with Crippen molar-refractivity contribution in [2.24, 2.45) is 0 Å². The maximum atomic E-state index is 5.24. The fourth-order valence-electron chi connectivity index (χ4n) is 1.17. The van der Waals surface area contributed by atoms with Crippen LogP contribution in [0.15, 0.2) is 11.6 Å². The molecule has 0 aliphatic heterocycles. The van der Waals surface area contributed by atoms with Gasteiger partial charge in [0.25, 0.3) is 0 Å². The van der Waals surface area contributed by atoms with Gasteiger partial charge >= 0.3 is 26.2 Å². The zero-order valence-corrected chi connectivity index (χ0v) is 14.3. The van der Waals surface area contributed by atoms with E-state index in [2.05, 4.69) is 19.9 Å². The van der Waals surface area contributed by atoms with Gasteiger partial charge in [0.05, 0.1) is 0 Å². The van der Waals surface area contributed by atoms with Crippen molar-refractivity contribution >= 4 is 0 Å². The average Bonchev–Trinajstić information content (AvgIpc) is 3.13. The van der Waals surface area contributed by atoms with Crippen molar-refractivity contribution in [3.8, 4) is 0 Å². The Morgan fingerprint density at radius 2 is 1.16 bits per heavy atom. The van der Waals surface area contributed by atoms with E-state index >= 15 is 0 Å². The maximum Gasteiger partial charge on any atom is 2.00 e. The molecule has 2 saturated carbocycles. The standard InChI is InChI=1S/C8H12.2C5H5.Zr/c1-4-7-8(5-2)6-3;2*1-2-4-5-3-1;/h2,5H,4,6H2,1,3H3;2*1-5H;/q-2;;;+2. The molecule has 0 N–H and O–H groups in total. The molecular weight excluding hydrogens is 307 g/mol. The Balaban J connectivity index is 0. The van der Waals surface area contributed by atoms with Gasteiger partial charge in [0.1, 0.15) is 0 Å². The van der Waals surface area contributed by atoms with Gasteiger partial charge in [-0.25, -0.2) is 0 Å². The van der Waals surface area contributed by atoms with Crippen LogP contribution < -0.4 is 0 Å². The Kier molecular flexibility index (Phi) is 20.9. The van der Waals surface area contributed by atoms with Gasteiger partial charge < -0.3 is 24.3 Å². The van der Waals surface area contributed by atoms with Crippen molar-refractivity contribution in [3.05, 3.63) is 88.5 Å². The SMILES string of the molecule is [CH-]=CC(=[C-]CC)CC.[CH]1[CH][CH][CH][CH]1.[CH]1[CH][CH][CH][CH]1.[Zr+2]. The molecule has 2 rings (SSSR count). The summed E-state index contributed by atoms with van der Waals surface area (Å²) < 4.78 is 0. The molecule has 10 radical (unpaired) electrons.